The molecule has 1 saturated heterocycles. The van der Waals surface area contributed by atoms with E-state index in [1.54, 1.807) is 21.3 Å². The van der Waals surface area contributed by atoms with Crippen molar-refractivity contribution in [3.8, 4) is 17.2 Å². The average Bonchev–Trinajstić information content (AvgIpc) is 3.37. The number of ether oxygens (including phenoxy) is 3. The molecule has 0 aliphatic carbocycles. The zero-order chi connectivity index (χ0) is 22.8. The van der Waals surface area contributed by atoms with Gasteiger partial charge in [-0.1, -0.05) is 30.3 Å². The normalized spacial score (nSPS) is 15.3. The van der Waals surface area contributed by atoms with Gasteiger partial charge in [0.15, 0.2) is 17.5 Å². The third kappa shape index (κ3) is 6.07. The summed E-state index contributed by atoms with van der Waals surface area (Å²) in [6.07, 6.45) is 2.53. The summed E-state index contributed by atoms with van der Waals surface area (Å²) in [5, 5.41) is 6.92. The van der Waals surface area contributed by atoms with Crippen molar-refractivity contribution in [1.29, 1.82) is 0 Å². The Morgan fingerprint density at radius 2 is 1.62 bits per heavy atom. The molecule has 0 spiro atoms. The molecule has 0 aromatic heterocycles. The molecule has 0 saturated carbocycles. The Bertz CT molecular complexity index is 842. The molecule has 2 N–H and O–H groups in total. The van der Waals surface area contributed by atoms with Crippen LogP contribution in [-0.4, -0.2) is 58.4 Å². The van der Waals surface area contributed by atoms with Crippen LogP contribution < -0.4 is 24.8 Å². The van der Waals surface area contributed by atoms with Crippen LogP contribution in [0.15, 0.2) is 47.5 Å². The molecular formula is C25H36N4O3. The zero-order valence-corrected chi connectivity index (χ0v) is 19.7. The third-order valence-corrected chi connectivity index (χ3v) is 5.72. The predicted octanol–water partition coefficient (Wildman–Crippen LogP) is 3.60. The van der Waals surface area contributed by atoms with Gasteiger partial charge in [-0.15, -0.1) is 0 Å². The molecule has 7 heteroatoms. The van der Waals surface area contributed by atoms with Gasteiger partial charge >= 0.3 is 0 Å². The molecular weight excluding hydrogens is 404 g/mol. The first-order valence-corrected chi connectivity index (χ1v) is 11.3. The maximum Gasteiger partial charge on any atom is 0.203 e. The molecule has 174 valence electrons. The second-order valence-corrected chi connectivity index (χ2v) is 7.78. The Kier molecular flexibility index (Phi) is 9.04. The molecule has 32 heavy (non-hydrogen) atoms. The van der Waals surface area contributed by atoms with Crippen molar-refractivity contribution in [3.05, 3.63) is 53.6 Å². The number of methoxy groups -OCH3 is 3. The quantitative estimate of drug-likeness (QED) is 0.435. The fourth-order valence-electron chi connectivity index (χ4n) is 4.12. The van der Waals surface area contributed by atoms with Gasteiger partial charge in [-0.05, 0) is 56.1 Å². The molecule has 0 amide bonds. The largest absolute Gasteiger partial charge is 0.493 e. The zero-order valence-electron chi connectivity index (χ0n) is 19.7. The summed E-state index contributed by atoms with van der Waals surface area (Å²) < 4.78 is 16.4. The maximum absolute atomic E-state index is 5.47. The van der Waals surface area contributed by atoms with Crippen LogP contribution >= 0.6 is 0 Å². The lowest BCUT2D eigenvalue weighted by atomic mass is 10.1. The molecule has 1 fully saturated rings. The van der Waals surface area contributed by atoms with Crippen molar-refractivity contribution in [1.82, 2.24) is 15.5 Å². The highest BCUT2D eigenvalue weighted by atomic mass is 16.5. The van der Waals surface area contributed by atoms with Crippen molar-refractivity contribution >= 4 is 5.96 Å². The summed E-state index contributed by atoms with van der Waals surface area (Å²) in [4.78, 5) is 7.37. The van der Waals surface area contributed by atoms with Gasteiger partial charge in [0.05, 0.1) is 33.9 Å². The molecule has 2 aromatic carbocycles. The lowest BCUT2D eigenvalue weighted by molar-refractivity contribution is 0.245. The number of guanidine groups is 1. The Labute approximate surface area is 191 Å². The maximum atomic E-state index is 5.47. The minimum atomic E-state index is 0.323. The molecule has 1 aliphatic heterocycles. The van der Waals surface area contributed by atoms with E-state index in [2.05, 4.69) is 52.8 Å². The van der Waals surface area contributed by atoms with Crippen molar-refractivity contribution in [3.63, 3.8) is 0 Å². The number of rotatable bonds is 10. The molecule has 3 rings (SSSR count). The van der Waals surface area contributed by atoms with E-state index in [-0.39, 0.29) is 0 Å². The molecule has 0 radical (unpaired) electrons. The monoisotopic (exact) mass is 440 g/mol. The van der Waals surface area contributed by atoms with Crippen LogP contribution in [0.3, 0.4) is 0 Å². The second-order valence-electron chi connectivity index (χ2n) is 7.78. The van der Waals surface area contributed by atoms with Crippen LogP contribution in [0.1, 0.15) is 36.9 Å². The van der Waals surface area contributed by atoms with Crippen molar-refractivity contribution in [2.45, 2.75) is 32.4 Å². The SMILES string of the molecule is CCNC(=NCc1cc(OC)c(OC)c(OC)c1)NCC(c1ccccc1)N1CCCC1. The molecule has 0 bridgehead atoms. The highest BCUT2D eigenvalue weighted by molar-refractivity contribution is 5.79. The lowest BCUT2D eigenvalue weighted by Crippen LogP contribution is -2.42. The number of nitrogens with one attached hydrogen (secondary N) is 2. The standard InChI is InChI=1S/C25H36N4O3/c1-5-26-25(27-17-19-15-22(30-2)24(32-4)23(16-19)31-3)28-18-21(29-13-9-10-14-29)20-11-7-6-8-12-20/h6-8,11-12,15-16,21H,5,9-10,13-14,17-18H2,1-4H3,(H2,26,27,28). The Morgan fingerprint density at radius 3 is 2.19 bits per heavy atom. The van der Waals surface area contributed by atoms with Crippen LogP contribution in [0, 0.1) is 0 Å². The van der Waals surface area contributed by atoms with Crippen molar-refractivity contribution < 1.29 is 14.2 Å². The average molecular weight is 441 g/mol. The molecule has 1 atom stereocenters. The number of hydrogen-bond acceptors (Lipinski definition) is 5. The first-order chi connectivity index (χ1) is 15.7. The van der Waals surface area contributed by atoms with Gasteiger partial charge in [0.2, 0.25) is 5.75 Å². The topological polar surface area (TPSA) is 67.4 Å². The number of hydrogen-bond donors (Lipinski definition) is 2. The number of aliphatic imine (C=N–C) groups is 1. The van der Waals surface area contributed by atoms with Gasteiger partial charge in [0.25, 0.3) is 0 Å². The van der Waals surface area contributed by atoms with Gasteiger partial charge in [-0.2, -0.15) is 0 Å². The lowest BCUT2D eigenvalue weighted by Gasteiger charge is -2.29. The van der Waals surface area contributed by atoms with E-state index in [9.17, 15) is 0 Å². The smallest absolute Gasteiger partial charge is 0.203 e. The molecule has 1 heterocycles. The van der Waals surface area contributed by atoms with E-state index in [0.717, 1.165) is 37.7 Å². The van der Waals surface area contributed by atoms with E-state index in [4.69, 9.17) is 19.2 Å². The second kappa shape index (κ2) is 12.2. The van der Waals surface area contributed by atoms with E-state index >= 15 is 0 Å². The highest BCUT2D eigenvalue weighted by Gasteiger charge is 2.23. The van der Waals surface area contributed by atoms with Crippen molar-refractivity contribution in [2.24, 2.45) is 4.99 Å². The summed E-state index contributed by atoms with van der Waals surface area (Å²) in [6, 6.07) is 14.9. The fraction of sp³-hybridized carbons (Fsp3) is 0.480. The van der Waals surface area contributed by atoms with E-state index in [1.807, 2.05) is 12.1 Å². The number of nitrogens with zero attached hydrogens (tertiary/aromatic N) is 2. The molecule has 1 aliphatic rings. The predicted molar refractivity (Wildman–Crippen MR) is 129 cm³/mol. The Hall–Kier alpha value is -2.93. The molecule has 7 nitrogen and oxygen atoms in total. The van der Waals surface area contributed by atoms with Gasteiger partial charge in [0.1, 0.15) is 0 Å². The molecule has 2 aromatic rings. The summed E-state index contributed by atoms with van der Waals surface area (Å²) >= 11 is 0. The van der Waals surface area contributed by atoms with Gasteiger partial charge in [-0.3, -0.25) is 4.90 Å². The van der Waals surface area contributed by atoms with E-state index in [0.29, 0.717) is 29.8 Å². The van der Waals surface area contributed by atoms with Crippen LogP contribution in [-0.2, 0) is 6.54 Å². The minimum Gasteiger partial charge on any atom is -0.493 e. The third-order valence-electron chi connectivity index (χ3n) is 5.72. The summed E-state index contributed by atoms with van der Waals surface area (Å²) in [6.45, 7) is 6.43. The summed E-state index contributed by atoms with van der Waals surface area (Å²) in [5.41, 5.74) is 2.32. The number of likely N-dealkylation sites (tertiary alicyclic amines) is 1. The van der Waals surface area contributed by atoms with E-state index < -0.39 is 0 Å². The molecule has 1 unspecified atom stereocenters. The number of benzene rings is 2. The first-order valence-electron chi connectivity index (χ1n) is 11.3. The van der Waals surface area contributed by atoms with Crippen LogP contribution in [0.4, 0.5) is 0 Å². The first kappa shape index (κ1) is 23.7. The fourth-order valence-corrected chi connectivity index (χ4v) is 4.12. The van der Waals surface area contributed by atoms with E-state index in [1.165, 1.54) is 18.4 Å². The summed E-state index contributed by atoms with van der Waals surface area (Å²) in [5.74, 6) is 2.65. The van der Waals surface area contributed by atoms with Gasteiger partial charge < -0.3 is 24.8 Å². The van der Waals surface area contributed by atoms with Gasteiger partial charge in [-0.25, -0.2) is 4.99 Å². The van der Waals surface area contributed by atoms with Crippen LogP contribution in [0.5, 0.6) is 17.2 Å². The Morgan fingerprint density at radius 1 is 0.969 bits per heavy atom. The highest BCUT2D eigenvalue weighted by Crippen LogP contribution is 2.38. The van der Waals surface area contributed by atoms with Gasteiger partial charge in [0, 0.05) is 13.1 Å². The summed E-state index contributed by atoms with van der Waals surface area (Å²) in [7, 11) is 4.85. The van der Waals surface area contributed by atoms with Crippen molar-refractivity contribution in [2.75, 3.05) is 47.5 Å². The van der Waals surface area contributed by atoms with Crippen LogP contribution in [0.2, 0.25) is 0 Å². The minimum absolute atomic E-state index is 0.323. The van der Waals surface area contributed by atoms with Crippen LogP contribution in [0.25, 0.3) is 0 Å². The Balaban J connectivity index is 1.74.